The van der Waals surface area contributed by atoms with E-state index in [0.29, 0.717) is 5.75 Å². The van der Waals surface area contributed by atoms with Crippen LogP contribution in [0.5, 0.6) is 11.5 Å². The Balaban J connectivity index is 2.33. The van der Waals surface area contributed by atoms with Gasteiger partial charge in [-0.2, -0.15) is 0 Å². The zero-order valence-electron chi connectivity index (χ0n) is 10.8. The summed E-state index contributed by atoms with van der Waals surface area (Å²) in [5, 5.41) is 8.79. The molecule has 0 spiro atoms. The Bertz CT molecular complexity index is 663. The van der Waals surface area contributed by atoms with Crippen LogP contribution in [0.2, 0.25) is 0 Å². The minimum Gasteiger partial charge on any atom is -0.478 e. The van der Waals surface area contributed by atoms with Crippen LogP contribution >= 0.6 is 0 Å². The van der Waals surface area contributed by atoms with Crippen molar-refractivity contribution in [3.63, 3.8) is 0 Å². The number of hydrogen-bond acceptors (Lipinski definition) is 2. The monoisotopic (exact) mass is 272 g/mol. The Hall–Kier alpha value is -2.62. The molecule has 0 aliphatic carbocycles. The van der Waals surface area contributed by atoms with Crippen molar-refractivity contribution in [1.82, 2.24) is 0 Å². The molecule has 2 aromatic rings. The third kappa shape index (κ3) is 3.03. The Labute approximate surface area is 115 Å². The molecule has 0 saturated carbocycles. The molecule has 20 heavy (non-hydrogen) atoms. The summed E-state index contributed by atoms with van der Waals surface area (Å²) in [7, 11) is 0. The molecule has 0 aliphatic rings. The number of carboxylic acid groups (broad SMARTS) is 1. The first kappa shape index (κ1) is 13.8. The number of para-hydroxylation sites is 1. The second kappa shape index (κ2) is 6.02. The van der Waals surface area contributed by atoms with E-state index in [2.05, 4.69) is 0 Å². The number of allylic oxidation sites excluding steroid dienone is 1. The van der Waals surface area contributed by atoms with Gasteiger partial charge < -0.3 is 9.84 Å². The van der Waals surface area contributed by atoms with Crippen LogP contribution in [0, 0.1) is 5.82 Å². The molecule has 0 heterocycles. The van der Waals surface area contributed by atoms with E-state index in [9.17, 15) is 9.18 Å². The van der Waals surface area contributed by atoms with Crippen molar-refractivity contribution in [1.29, 1.82) is 0 Å². The van der Waals surface area contributed by atoms with Crippen LogP contribution in [0.4, 0.5) is 4.39 Å². The highest BCUT2D eigenvalue weighted by atomic mass is 19.1. The highest BCUT2D eigenvalue weighted by Gasteiger charge is 2.11. The van der Waals surface area contributed by atoms with Gasteiger partial charge in [-0.1, -0.05) is 30.4 Å². The van der Waals surface area contributed by atoms with Crippen molar-refractivity contribution in [2.45, 2.75) is 6.92 Å². The van der Waals surface area contributed by atoms with Crippen LogP contribution in [-0.4, -0.2) is 11.1 Å². The summed E-state index contributed by atoms with van der Waals surface area (Å²) in [6.45, 7) is 1.87. The fourth-order valence-electron chi connectivity index (χ4n) is 1.73. The SMILES string of the molecule is CC=Cc1ccccc1Oc1ccc(C(=O)O)cc1F. The normalized spacial score (nSPS) is 10.7. The van der Waals surface area contributed by atoms with Crippen molar-refractivity contribution < 1.29 is 19.0 Å². The second-order valence-electron chi connectivity index (χ2n) is 4.09. The van der Waals surface area contributed by atoms with Gasteiger partial charge >= 0.3 is 5.97 Å². The van der Waals surface area contributed by atoms with E-state index >= 15 is 0 Å². The van der Waals surface area contributed by atoms with Crippen LogP contribution < -0.4 is 4.74 Å². The number of hydrogen-bond donors (Lipinski definition) is 1. The first-order chi connectivity index (χ1) is 9.61. The van der Waals surface area contributed by atoms with E-state index in [-0.39, 0.29) is 11.3 Å². The van der Waals surface area contributed by atoms with Gasteiger partial charge in [0.15, 0.2) is 11.6 Å². The molecule has 0 atom stereocenters. The van der Waals surface area contributed by atoms with Gasteiger partial charge in [-0.25, -0.2) is 9.18 Å². The third-order valence-electron chi connectivity index (χ3n) is 2.66. The van der Waals surface area contributed by atoms with Crippen molar-refractivity contribution in [3.05, 3.63) is 65.5 Å². The van der Waals surface area contributed by atoms with Gasteiger partial charge in [-0.05, 0) is 31.2 Å². The van der Waals surface area contributed by atoms with Crippen molar-refractivity contribution in [2.24, 2.45) is 0 Å². The van der Waals surface area contributed by atoms with Crippen LogP contribution in [-0.2, 0) is 0 Å². The number of rotatable bonds is 4. The fraction of sp³-hybridized carbons (Fsp3) is 0.0625. The molecule has 0 bridgehead atoms. The molecule has 102 valence electrons. The first-order valence-electron chi connectivity index (χ1n) is 6.04. The summed E-state index contributed by atoms with van der Waals surface area (Å²) in [6.07, 6.45) is 3.70. The lowest BCUT2D eigenvalue weighted by atomic mass is 10.2. The standard InChI is InChI=1S/C16H13FO3/c1-2-5-11-6-3-4-7-14(11)20-15-9-8-12(16(18)19)10-13(15)17/h2-10H,1H3,(H,18,19). The molecule has 0 saturated heterocycles. The summed E-state index contributed by atoms with van der Waals surface area (Å²) >= 11 is 0. The average Bonchev–Trinajstić information content (AvgIpc) is 2.43. The predicted octanol–water partition coefficient (Wildman–Crippen LogP) is 4.35. The Morgan fingerprint density at radius 1 is 1.20 bits per heavy atom. The lowest BCUT2D eigenvalue weighted by Gasteiger charge is -2.09. The molecule has 1 N–H and O–H groups in total. The fourth-order valence-corrected chi connectivity index (χ4v) is 1.73. The Morgan fingerprint density at radius 3 is 2.60 bits per heavy atom. The van der Waals surface area contributed by atoms with Crippen LogP contribution in [0.3, 0.4) is 0 Å². The smallest absolute Gasteiger partial charge is 0.335 e. The minimum absolute atomic E-state index is 0.00745. The molecule has 4 heteroatoms. The van der Waals surface area contributed by atoms with Gasteiger partial charge in [0.2, 0.25) is 0 Å². The summed E-state index contributed by atoms with van der Waals surface area (Å²) in [5.41, 5.74) is 0.702. The number of halogens is 1. The largest absolute Gasteiger partial charge is 0.478 e. The van der Waals surface area contributed by atoms with E-state index in [4.69, 9.17) is 9.84 Å². The summed E-state index contributed by atoms with van der Waals surface area (Å²) in [6, 6.07) is 10.8. The van der Waals surface area contributed by atoms with E-state index in [0.717, 1.165) is 11.6 Å². The zero-order chi connectivity index (χ0) is 14.5. The van der Waals surface area contributed by atoms with Crippen molar-refractivity contribution in [3.8, 4) is 11.5 Å². The highest BCUT2D eigenvalue weighted by Crippen LogP contribution is 2.28. The molecule has 3 nitrogen and oxygen atoms in total. The maximum absolute atomic E-state index is 13.8. The quantitative estimate of drug-likeness (QED) is 0.900. The lowest BCUT2D eigenvalue weighted by Crippen LogP contribution is -1.98. The molecule has 0 fully saturated rings. The van der Waals surface area contributed by atoms with Gasteiger partial charge in [0.05, 0.1) is 5.56 Å². The number of carboxylic acids is 1. The predicted molar refractivity (Wildman–Crippen MR) is 74.6 cm³/mol. The van der Waals surface area contributed by atoms with Crippen LogP contribution in [0.15, 0.2) is 48.5 Å². The molecule has 0 aromatic heterocycles. The molecule has 0 amide bonds. The van der Waals surface area contributed by atoms with Gasteiger partial charge in [0.1, 0.15) is 5.75 Å². The topological polar surface area (TPSA) is 46.5 Å². The third-order valence-corrected chi connectivity index (χ3v) is 2.66. The number of benzene rings is 2. The molecule has 2 aromatic carbocycles. The van der Waals surface area contributed by atoms with E-state index in [1.807, 2.05) is 31.2 Å². The van der Waals surface area contributed by atoms with Gasteiger partial charge in [0, 0.05) is 5.56 Å². The number of aromatic carboxylic acids is 1. The molecule has 0 unspecified atom stereocenters. The van der Waals surface area contributed by atoms with E-state index in [1.54, 1.807) is 12.1 Å². The van der Waals surface area contributed by atoms with E-state index in [1.165, 1.54) is 12.1 Å². The highest BCUT2D eigenvalue weighted by molar-refractivity contribution is 5.87. The summed E-state index contributed by atoms with van der Waals surface area (Å²) < 4.78 is 19.3. The second-order valence-corrected chi connectivity index (χ2v) is 4.09. The van der Waals surface area contributed by atoms with Gasteiger partial charge in [-0.15, -0.1) is 0 Å². The van der Waals surface area contributed by atoms with Crippen molar-refractivity contribution >= 4 is 12.0 Å². The molecule has 2 rings (SSSR count). The van der Waals surface area contributed by atoms with Gasteiger partial charge in [0.25, 0.3) is 0 Å². The zero-order valence-corrected chi connectivity index (χ0v) is 10.8. The molecular formula is C16H13FO3. The van der Waals surface area contributed by atoms with E-state index < -0.39 is 11.8 Å². The van der Waals surface area contributed by atoms with Crippen LogP contribution in [0.1, 0.15) is 22.8 Å². The minimum atomic E-state index is -1.18. The Kier molecular flexibility index (Phi) is 4.15. The van der Waals surface area contributed by atoms with Gasteiger partial charge in [-0.3, -0.25) is 0 Å². The first-order valence-corrected chi connectivity index (χ1v) is 6.04. The number of carbonyl (C=O) groups is 1. The average molecular weight is 272 g/mol. The maximum Gasteiger partial charge on any atom is 0.335 e. The maximum atomic E-state index is 13.8. The molecule has 0 radical (unpaired) electrons. The summed E-state index contributed by atoms with van der Waals surface area (Å²) in [4.78, 5) is 10.7. The Morgan fingerprint density at radius 2 is 1.95 bits per heavy atom. The van der Waals surface area contributed by atoms with Crippen LogP contribution in [0.25, 0.3) is 6.08 Å². The number of ether oxygens (including phenoxy) is 1. The van der Waals surface area contributed by atoms with Crippen molar-refractivity contribution in [2.75, 3.05) is 0 Å². The molecular weight excluding hydrogens is 259 g/mol. The molecule has 0 aliphatic heterocycles. The lowest BCUT2D eigenvalue weighted by molar-refractivity contribution is 0.0696. The summed E-state index contributed by atoms with van der Waals surface area (Å²) in [5.74, 6) is -1.38.